The summed E-state index contributed by atoms with van der Waals surface area (Å²) in [5.74, 6) is 1.43. The molecule has 186 valence electrons. The van der Waals surface area contributed by atoms with Crippen molar-refractivity contribution in [2.24, 2.45) is 5.92 Å². The lowest BCUT2D eigenvalue weighted by Gasteiger charge is -2.33. The molecular weight excluding hydrogens is 467 g/mol. The molecule has 1 aromatic carbocycles. The average molecular weight is 498 g/mol. The fraction of sp³-hybridized carbons (Fsp3) is 0.478. The van der Waals surface area contributed by atoms with Crippen LogP contribution in [0.4, 0.5) is 29.5 Å². The molecule has 3 rings (SSSR count). The quantitative estimate of drug-likeness (QED) is 0.444. The SMILES string of the molecule is COc1cc(NC(=O)NCc2ccc(C(F)(F)F)nc2N2CCC(C)CC2)ccc1CNSC. The highest BCUT2D eigenvalue weighted by Gasteiger charge is 2.34. The predicted molar refractivity (Wildman–Crippen MR) is 129 cm³/mol. The van der Waals surface area contributed by atoms with Gasteiger partial charge in [-0.05, 0) is 37.1 Å². The lowest BCUT2D eigenvalue weighted by molar-refractivity contribution is -0.141. The minimum Gasteiger partial charge on any atom is -0.496 e. The number of ether oxygens (including phenoxy) is 1. The number of nitrogens with one attached hydrogen (secondary N) is 3. The molecular formula is C23H30F3N5O2S. The molecule has 2 aromatic rings. The number of methoxy groups -OCH3 is 1. The summed E-state index contributed by atoms with van der Waals surface area (Å²) < 4.78 is 48.3. The average Bonchev–Trinajstić information content (AvgIpc) is 2.81. The van der Waals surface area contributed by atoms with Crippen LogP contribution in [0.2, 0.25) is 0 Å². The van der Waals surface area contributed by atoms with Crippen LogP contribution in [0.5, 0.6) is 5.75 Å². The molecule has 2 heterocycles. The Bertz CT molecular complexity index is 982. The fourth-order valence-electron chi connectivity index (χ4n) is 3.74. The van der Waals surface area contributed by atoms with E-state index in [1.54, 1.807) is 19.2 Å². The monoisotopic (exact) mass is 497 g/mol. The van der Waals surface area contributed by atoms with Crippen molar-refractivity contribution in [1.29, 1.82) is 0 Å². The van der Waals surface area contributed by atoms with Crippen molar-refractivity contribution >= 4 is 29.5 Å². The van der Waals surface area contributed by atoms with Crippen LogP contribution < -0.4 is 25.0 Å². The number of carbonyl (C=O) groups excluding carboxylic acids is 1. The van der Waals surface area contributed by atoms with Gasteiger partial charge in [-0.2, -0.15) is 13.2 Å². The molecule has 0 radical (unpaired) electrons. The minimum absolute atomic E-state index is 0.0468. The van der Waals surface area contributed by atoms with Crippen LogP contribution >= 0.6 is 11.9 Å². The molecule has 1 aromatic heterocycles. The smallest absolute Gasteiger partial charge is 0.433 e. The third kappa shape index (κ3) is 6.92. The van der Waals surface area contributed by atoms with Gasteiger partial charge in [0.15, 0.2) is 0 Å². The highest BCUT2D eigenvalue weighted by molar-refractivity contribution is 7.96. The second-order valence-corrected chi connectivity index (χ2v) is 8.90. The molecule has 2 amide bonds. The highest BCUT2D eigenvalue weighted by atomic mass is 32.2. The number of hydrogen-bond donors (Lipinski definition) is 3. The molecule has 7 nitrogen and oxygen atoms in total. The maximum Gasteiger partial charge on any atom is 0.433 e. The number of pyridine rings is 1. The number of nitrogens with zero attached hydrogens (tertiary/aromatic N) is 2. The lowest BCUT2D eigenvalue weighted by atomic mass is 9.99. The molecule has 0 bridgehead atoms. The normalized spacial score (nSPS) is 14.7. The summed E-state index contributed by atoms with van der Waals surface area (Å²) in [7, 11) is 1.56. The molecule has 0 atom stereocenters. The van der Waals surface area contributed by atoms with Crippen molar-refractivity contribution in [1.82, 2.24) is 15.0 Å². The van der Waals surface area contributed by atoms with Crippen molar-refractivity contribution in [3.63, 3.8) is 0 Å². The summed E-state index contributed by atoms with van der Waals surface area (Å²) in [4.78, 5) is 18.3. The molecule has 11 heteroatoms. The number of piperidine rings is 1. The van der Waals surface area contributed by atoms with Crippen molar-refractivity contribution in [2.45, 2.75) is 39.0 Å². The van der Waals surface area contributed by atoms with Gasteiger partial charge in [-0.25, -0.2) is 9.78 Å². The molecule has 1 aliphatic heterocycles. The number of aromatic nitrogens is 1. The fourth-order valence-corrected chi connectivity index (χ4v) is 4.04. The third-order valence-corrected chi connectivity index (χ3v) is 6.15. The van der Waals surface area contributed by atoms with Crippen LogP contribution in [0, 0.1) is 5.92 Å². The first-order chi connectivity index (χ1) is 16.2. The van der Waals surface area contributed by atoms with Crippen LogP contribution in [0.3, 0.4) is 0 Å². The lowest BCUT2D eigenvalue weighted by Crippen LogP contribution is -2.35. The van der Waals surface area contributed by atoms with E-state index in [2.05, 4.69) is 27.3 Å². The Labute approximate surface area is 202 Å². The molecule has 0 aliphatic carbocycles. The molecule has 34 heavy (non-hydrogen) atoms. The number of hydrogen-bond acceptors (Lipinski definition) is 6. The largest absolute Gasteiger partial charge is 0.496 e. The first-order valence-corrected chi connectivity index (χ1v) is 12.2. The Balaban J connectivity index is 1.70. The van der Waals surface area contributed by atoms with Crippen LogP contribution in [0.25, 0.3) is 0 Å². The van der Waals surface area contributed by atoms with Gasteiger partial charge >= 0.3 is 12.2 Å². The molecule has 0 spiro atoms. The Kier molecular flexibility index (Phi) is 8.90. The Morgan fingerprint density at radius 1 is 1.18 bits per heavy atom. The minimum atomic E-state index is -4.53. The van der Waals surface area contributed by atoms with Crippen molar-refractivity contribution in [2.75, 3.05) is 36.7 Å². The van der Waals surface area contributed by atoms with Gasteiger partial charge in [-0.15, -0.1) is 0 Å². The number of rotatable bonds is 8. The predicted octanol–water partition coefficient (Wildman–Crippen LogP) is 5.03. The Morgan fingerprint density at radius 3 is 2.53 bits per heavy atom. The topological polar surface area (TPSA) is 78.5 Å². The maximum atomic E-state index is 13.3. The Morgan fingerprint density at radius 2 is 1.88 bits per heavy atom. The van der Waals surface area contributed by atoms with Gasteiger partial charge in [0.25, 0.3) is 0 Å². The highest BCUT2D eigenvalue weighted by Crippen LogP contribution is 2.32. The van der Waals surface area contributed by atoms with E-state index in [1.165, 1.54) is 18.0 Å². The zero-order valence-electron chi connectivity index (χ0n) is 19.5. The van der Waals surface area contributed by atoms with Gasteiger partial charge in [0.05, 0.1) is 7.11 Å². The number of carbonyl (C=O) groups is 1. The number of anilines is 2. The van der Waals surface area contributed by atoms with E-state index in [-0.39, 0.29) is 12.4 Å². The number of benzene rings is 1. The van der Waals surface area contributed by atoms with E-state index in [0.717, 1.165) is 24.5 Å². The Hall–Kier alpha value is -2.66. The summed E-state index contributed by atoms with van der Waals surface area (Å²) in [5, 5.41) is 5.47. The van der Waals surface area contributed by atoms with Gasteiger partial charge in [0.1, 0.15) is 17.3 Å². The van der Waals surface area contributed by atoms with E-state index in [1.807, 2.05) is 17.2 Å². The zero-order chi connectivity index (χ0) is 24.7. The molecule has 1 saturated heterocycles. The number of halogens is 3. The summed E-state index contributed by atoms with van der Waals surface area (Å²) >= 11 is 1.49. The molecule has 3 N–H and O–H groups in total. The van der Waals surface area contributed by atoms with Gasteiger partial charge in [0.2, 0.25) is 0 Å². The summed E-state index contributed by atoms with van der Waals surface area (Å²) in [6.07, 6.45) is -0.834. The van der Waals surface area contributed by atoms with Crippen LogP contribution in [0.15, 0.2) is 30.3 Å². The molecule has 0 saturated carbocycles. The van der Waals surface area contributed by atoms with Gasteiger partial charge in [-0.3, -0.25) is 4.72 Å². The standard InChI is InChI=1S/C23H30F3N5O2S/c1-15-8-10-31(11-9-15)21-17(5-7-20(30-21)23(24,25)26)13-27-22(32)29-18-6-4-16(14-28-34-3)19(12-18)33-2/h4-7,12,15,28H,8-11,13-14H2,1-3H3,(H2,27,29,32). The molecule has 1 aliphatic rings. The number of amides is 2. The van der Waals surface area contributed by atoms with Crippen molar-refractivity contribution in [3.8, 4) is 5.75 Å². The second-order valence-electron chi connectivity index (χ2n) is 8.21. The van der Waals surface area contributed by atoms with Gasteiger partial charge in [0, 0.05) is 49.1 Å². The van der Waals surface area contributed by atoms with Crippen LogP contribution in [-0.4, -0.2) is 37.5 Å². The van der Waals surface area contributed by atoms with E-state index in [0.29, 0.717) is 42.6 Å². The molecule has 1 fully saturated rings. The number of alkyl halides is 3. The number of urea groups is 1. The third-order valence-electron chi connectivity index (χ3n) is 5.72. The zero-order valence-corrected chi connectivity index (χ0v) is 20.3. The van der Waals surface area contributed by atoms with Gasteiger partial charge in [-0.1, -0.05) is 31.0 Å². The van der Waals surface area contributed by atoms with E-state index < -0.39 is 17.9 Å². The second kappa shape index (κ2) is 11.7. The van der Waals surface area contributed by atoms with Gasteiger partial charge < -0.3 is 20.3 Å². The van der Waals surface area contributed by atoms with Crippen LogP contribution in [-0.2, 0) is 19.3 Å². The van der Waals surface area contributed by atoms with Crippen LogP contribution in [0.1, 0.15) is 36.6 Å². The first-order valence-electron chi connectivity index (χ1n) is 11.0. The first kappa shape index (κ1) is 26.0. The van der Waals surface area contributed by atoms with Crippen molar-refractivity contribution in [3.05, 3.63) is 47.2 Å². The maximum absolute atomic E-state index is 13.3. The molecule has 0 unspecified atom stereocenters. The summed E-state index contributed by atoms with van der Waals surface area (Å²) in [6, 6.07) is 7.20. The summed E-state index contributed by atoms with van der Waals surface area (Å²) in [6.45, 7) is 4.05. The van der Waals surface area contributed by atoms with E-state index in [9.17, 15) is 18.0 Å². The van der Waals surface area contributed by atoms with E-state index >= 15 is 0 Å². The van der Waals surface area contributed by atoms with E-state index in [4.69, 9.17) is 4.74 Å². The van der Waals surface area contributed by atoms with Crippen molar-refractivity contribution < 1.29 is 22.7 Å². The summed E-state index contributed by atoms with van der Waals surface area (Å²) in [5.41, 5.74) is 1.09.